The molecule has 0 aliphatic carbocycles. The smallest absolute Gasteiger partial charge is 0.253 e. The summed E-state index contributed by atoms with van der Waals surface area (Å²) in [6.07, 6.45) is 5.41. The van der Waals surface area contributed by atoms with E-state index in [9.17, 15) is 4.79 Å². The first-order valence-corrected chi connectivity index (χ1v) is 7.96. The number of pyridine rings is 1. The van der Waals surface area contributed by atoms with Crippen LogP contribution < -0.4 is 10.6 Å². The molecule has 6 heteroatoms. The maximum absolute atomic E-state index is 12.2. The van der Waals surface area contributed by atoms with Crippen LogP contribution in [-0.4, -0.2) is 30.1 Å². The molecule has 1 amide bonds. The highest BCUT2D eigenvalue weighted by Crippen LogP contribution is 2.19. The summed E-state index contributed by atoms with van der Waals surface area (Å²) < 4.78 is 5.50. The van der Waals surface area contributed by atoms with Gasteiger partial charge in [0.05, 0.1) is 23.6 Å². The van der Waals surface area contributed by atoms with Crippen LogP contribution in [0.2, 0.25) is 5.02 Å². The molecule has 1 fully saturated rings. The molecule has 1 saturated heterocycles. The van der Waals surface area contributed by atoms with Crippen LogP contribution >= 0.6 is 11.6 Å². The molecular formula is C17H18ClN3O2. The van der Waals surface area contributed by atoms with Crippen molar-refractivity contribution in [3.05, 3.63) is 53.3 Å². The molecule has 3 rings (SSSR count). The zero-order valence-electron chi connectivity index (χ0n) is 12.6. The average Bonchev–Trinajstić information content (AvgIpc) is 3.08. The van der Waals surface area contributed by atoms with Crippen LogP contribution in [-0.2, 0) is 4.74 Å². The Morgan fingerprint density at radius 2 is 2.09 bits per heavy atom. The Hall–Kier alpha value is -2.11. The summed E-state index contributed by atoms with van der Waals surface area (Å²) in [5.41, 5.74) is 2.15. The third kappa shape index (κ3) is 4.43. The first kappa shape index (κ1) is 15.8. The molecule has 1 aliphatic heterocycles. The summed E-state index contributed by atoms with van der Waals surface area (Å²) in [7, 11) is 0. The number of aromatic nitrogens is 1. The second-order valence-electron chi connectivity index (χ2n) is 5.44. The minimum atomic E-state index is -0.146. The molecule has 5 nitrogen and oxygen atoms in total. The quantitative estimate of drug-likeness (QED) is 0.881. The Bertz CT molecular complexity index is 670. The van der Waals surface area contributed by atoms with Gasteiger partial charge in [-0.25, -0.2) is 0 Å². The number of carbonyl (C=O) groups is 1. The predicted octanol–water partition coefficient (Wildman–Crippen LogP) is 3.39. The standard InChI is InChI=1S/C17H18ClN3O2/c18-13-3-5-14(6-4-13)21-15-8-12(9-19-10-15)17(22)20-11-16-2-1-7-23-16/h3-6,8-10,16,21H,1-2,7,11H2,(H,20,22). The number of carbonyl (C=O) groups excluding carboxylic acids is 1. The molecular weight excluding hydrogens is 314 g/mol. The molecule has 2 heterocycles. The van der Waals surface area contributed by atoms with Gasteiger partial charge in [0.2, 0.25) is 0 Å². The monoisotopic (exact) mass is 331 g/mol. The highest BCUT2D eigenvalue weighted by molar-refractivity contribution is 6.30. The van der Waals surface area contributed by atoms with E-state index in [1.54, 1.807) is 30.6 Å². The summed E-state index contributed by atoms with van der Waals surface area (Å²) in [6.45, 7) is 1.32. The molecule has 120 valence electrons. The number of amides is 1. The van der Waals surface area contributed by atoms with Crippen LogP contribution in [0.3, 0.4) is 0 Å². The summed E-state index contributed by atoms with van der Waals surface area (Å²) in [4.78, 5) is 16.3. The molecule has 1 aliphatic rings. The number of benzene rings is 1. The number of anilines is 2. The summed E-state index contributed by atoms with van der Waals surface area (Å²) in [6, 6.07) is 9.11. The lowest BCUT2D eigenvalue weighted by Gasteiger charge is -2.11. The van der Waals surface area contributed by atoms with Gasteiger partial charge in [-0.15, -0.1) is 0 Å². The SMILES string of the molecule is O=C(NCC1CCCO1)c1cncc(Nc2ccc(Cl)cc2)c1. The molecule has 0 spiro atoms. The van der Waals surface area contributed by atoms with Gasteiger partial charge in [-0.2, -0.15) is 0 Å². The minimum absolute atomic E-state index is 0.127. The molecule has 1 atom stereocenters. The van der Waals surface area contributed by atoms with Gasteiger partial charge in [0.25, 0.3) is 5.91 Å². The van der Waals surface area contributed by atoms with Gasteiger partial charge in [0.1, 0.15) is 0 Å². The van der Waals surface area contributed by atoms with Crippen molar-refractivity contribution in [2.24, 2.45) is 0 Å². The van der Waals surface area contributed by atoms with E-state index in [1.165, 1.54) is 0 Å². The van der Waals surface area contributed by atoms with Crippen molar-refractivity contribution in [2.75, 3.05) is 18.5 Å². The Balaban J connectivity index is 1.61. The van der Waals surface area contributed by atoms with E-state index in [-0.39, 0.29) is 12.0 Å². The Kier molecular flexibility index (Phi) is 5.10. The summed E-state index contributed by atoms with van der Waals surface area (Å²) >= 11 is 5.87. The summed E-state index contributed by atoms with van der Waals surface area (Å²) in [5.74, 6) is -0.146. The number of halogens is 1. The lowest BCUT2D eigenvalue weighted by molar-refractivity contribution is 0.0857. The van der Waals surface area contributed by atoms with E-state index in [1.807, 2.05) is 12.1 Å². The normalized spacial score (nSPS) is 17.0. The first-order valence-electron chi connectivity index (χ1n) is 7.58. The number of nitrogens with one attached hydrogen (secondary N) is 2. The van der Waals surface area contributed by atoms with E-state index < -0.39 is 0 Å². The van der Waals surface area contributed by atoms with Gasteiger partial charge in [-0.05, 0) is 43.2 Å². The molecule has 0 bridgehead atoms. The van der Waals surface area contributed by atoms with Gasteiger partial charge in [0, 0.05) is 30.1 Å². The van der Waals surface area contributed by atoms with Crippen molar-refractivity contribution in [3.63, 3.8) is 0 Å². The molecule has 1 unspecified atom stereocenters. The zero-order valence-corrected chi connectivity index (χ0v) is 13.3. The lowest BCUT2D eigenvalue weighted by atomic mass is 10.2. The third-order valence-corrected chi connectivity index (χ3v) is 3.90. The van der Waals surface area contributed by atoms with Crippen molar-refractivity contribution in [3.8, 4) is 0 Å². The van der Waals surface area contributed by atoms with E-state index in [0.29, 0.717) is 17.1 Å². The number of ether oxygens (including phenoxy) is 1. The van der Waals surface area contributed by atoms with Crippen molar-refractivity contribution in [2.45, 2.75) is 18.9 Å². The van der Waals surface area contributed by atoms with Gasteiger partial charge in [0.15, 0.2) is 0 Å². The molecule has 0 radical (unpaired) electrons. The Morgan fingerprint density at radius 3 is 2.83 bits per heavy atom. The summed E-state index contributed by atoms with van der Waals surface area (Å²) in [5, 5.41) is 6.76. The van der Waals surface area contributed by atoms with E-state index >= 15 is 0 Å². The average molecular weight is 332 g/mol. The molecule has 23 heavy (non-hydrogen) atoms. The lowest BCUT2D eigenvalue weighted by Crippen LogP contribution is -2.31. The van der Waals surface area contributed by atoms with Crippen LogP contribution in [0.4, 0.5) is 11.4 Å². The van der Waals surface area contributed by atoms with Gasteiger partial charge < -0.3 is 15.4 Å². The largest absolute Gasteiger partial charge is 0.376 e. The fraction of sp³-hybridized carbons (Fsp3) is 0.294. The molecule has 1 aromatic heterocycles. The molecule has 0 saturated carbocycles. The maximum atomic E-state index is 12.2. The molecule has 2 N–H and O–H groups in total. The van der Waals surface area contributed by atoms with Crippen LogP contribution in [0.25, 0.3) is 0 Å². The van der Waals surface area contributed by atoms with Crippen molar-refractivity contribution < 1.29 is 9.53 Å². The fourth-order valence-electron chi connectivity index (χ4n) is 2.45. The van der Waals surface area contributed by atoms with Gasteiger partial charge in [-0.1, -0.05) is 11.6 Å². The van der Waals surface area contributed by atoms with E-state index in [2.05, 4.69) is 15.6 Å². The second-order valence-corrected chi connectivity index (χ2v) is 5.88. The van der Waals surface area contributed by atoms with Gasteiger partial charge >= 0.3 is 0 Å². The van der Waals surface area contributed by atoms with Crippen LogP contribution in [0.15, 0.2) is 42.7 Å². The van der Waals surface area contributed by atoms with Crippen molar-refractivity contribution >= 4 is 28.9 Å². The number of hydrogen-bond donors (Lipinski definition) is 2. The van der Waals surface area contributed by atoms with Crippen molar-refractivity contribution in [1.82, 2.24) is 10.3 Å². The zero-order chi connectivity index (χ0) is 16.1. The second kappa shape index (κ2) is 7.44. The number of rotatable bonds is 5. The van der Waals surface area contributed by atoms with Crippen molar-refractivity contribution in [1.29, 1.82) is 0 Å². The minimum Gasteiger partial charge on any atom is -0.376 e. The van der Waals surface area contributed by atoms with Gasteiger partial charge in [-0.3, -0.25) is 9.78 Å². The fourth-order valence-corrected chi connectivity index (χ4v) is 2.57. The van der Waals surface area contributed by atoms with E-state index in [4.69, 9.17) is 16.3 Å². The van der Waals surface area contributed by atoms with E-state index in [0.717, 1.165) is 30.8 Å². The third-order valence-electron chi connectivity index (χ3n) is 3.65. The van der Waals surface area contributed by atoms with Crippen LogP contribution in [0.1, 0.15) is 23.2 Å². The molecule has 2 aromatic rings. The number of hydrogen-bond acceptors (Lipinski definition) is 4. The maximum Gasteiger partial charge on any atom is 0.253 e. The Morgan fingerprint density at radius 1 is 1.26 bits per heavy atom. The first-order chi connectivity index (χ1) is 11.2. The topological polar surface area (TPSA) is 63.2 Å². The highest BCUT2D eigenvalue weighted by atomic mass is 35.5. The molecule has 1 aromatic carbocycles. The van der Waals surface area contributed by atoms with Crippen LogP contribution in [0, 0.1) is 0 Å². The van der Waals surface area contributed by atoms with Crippen LogP contribution in [0.5, 0.6) is 0 Å². The number of nitrogens with zero attached hydrogens (tertiary/aromatic N) is 1. The Labute approximate surface area is 140 Å². The highest BCUT2D eigenvalue weighted by Gasteiger charge is 2.16. The predicted molar refractivity (Wildman–Crippen MR) is 90.3 cm³/mol.